The van der Waals surface area contributed by atoms with E-state index >= 15 is 0 Å². The van der Waals surface area contributed by atoms with Crippen molar-refractivity contribution in [2.24, 2.45) is 0 Å². The molecule has 178 valence electrons. The number of nitro benzene ring substituents is 1. The van der Waals surface area contributed by atoms with Gasteiger partial charge in [-0.1, -0.05) is 29.3 Å². The highest BCUT2D eigenvalue weighted by molar-refractivity contribution is 6.31. The lowest BCUT2D eigenvalue weighted by molar-refractivity contribution is -0.385. The number of halogens is 2. The van der Waals surface area contributed by atoms with Crippen LogP contribution in [0, 0.1) is 10.1 Å². The number of hydrogen-bond donors (Lipinski definition) is 0. The van der Waals surface area contributed by atoms with E-state index in [9.17, 15) is 29.3 Å². The summed E-state index contributed by atoms with van der Waals surface area (Å²) in [5.41, 5.74) is -1.50. The van der Waals surface area contributed by atoms with Crippen molar-refractivity contribution in [1.29, 1.82) is 0 Å². The second-order valence-electron chi connectivity index (χ2n) is 6.97. The molecule has 0 aromatic heterocycles. The van der Waals surface area contributed by atoms with Crippen LogP contribution in [0.1, 0.15) is 41.4 Å². The first-order valence-corrected chi connectivity index (χ1v) is 10.6. The molecule has 0 fully saturated rings. The lowest BCUT2D eigenvalue weighted by Crippen LogP contribution is -2.20. The van der Waals surface area contributed by atoms with Crippen LogP contribution >= 0.6 is 23.2 Å². The van der Waals surface area contributed by atoms with Crippen molar-refractivity contribution in [3.63, 3.8) is 0 Å². The molecule has 0 radical (unpaired) electrons. The number of Topliss-reactive ketones (excluding diaryl/α,β-unsaturated/α-hetero) is 2. The Balaban J connectivity index is 1.77. The molecule has 0 aliphatic heterocycles. The summed E-state index contributed by atoms with van der Waals surface area (Å²) in [6.45, 7) is -1.43. The van der Waals surface area contributed by atoms with Crippen LogP contribution in [-0.4, -0.2) is 41.6 Å². The summed E-state index contributed by atoms with van der Waals surface area (Å²) < 4.78 is 9.92. The zero-order valence-electron chi connectivity index (χ0n) is 17.7. The number of ether oxygens (including phenoxy) is 2. The molecule has 35 heavy (non-hydrogen) atoms. The Morgan fingerprint density at radius 2 is 1.17 bits per heavy atom. The molecule has 0 spiro atoms. The van der Waals surface area contributed by atoms with Gasteiger partial charge < -0.3 is 9.47 Å². The molecule has 3 aromatic carbocycles. The van der Waals surface area contributed by atoms with Gasteiger partial charge in [0.1, 0.15) is 0 Å². The summed E-state index contributed by atoms with van der Waals surface area (Å²) in [4.78, 5) is 60.4. The number of benzene rings is 3. The standard InChI is InChI=1S/C24H15Cl2NO8/c25-16-8-4-14(5-9-16)20(28)12-34-23(30)18-2-1-3-19(27(32)33)22(18)24(31)35-13-21(29)15-6-10-17(26)11-7-15/h1-11H,12-13H2. The van der Waals surface area contributed by atoms with E-state index in [4.69, 9.17) is 32.7 Å². The van der Waals surface area contributed by atoms with Crippen molar-refractivity contribution in [2.75, 3.05) is 13.2 Å². The van der Waals surface area contributed by atoms with E-state index in [1.807, 2.05) is 0 Å². The molecule has 0 aliphatic rings. The van der Waals surface area contributed by atoms with Gasteiger partial charge in [0.25, 0.3) is 5.69 Å². The minimum Gasteiger partial charge on any atom is -0.454 e. The fourth-order valence-corrected chi connectivity index (χ4v) is 3.18. The molecule has 3 aromatic rings. The molecule has 3 rings (SSSR count). The van der Waals surface area contributed by atoms with Gasteiger partial charge in [0.05, 0.1) is 10.5 Å². The smallest absolute Gasteiger partial charge is 0.346 e. The third-order valence-corrected chi connectivity index (χ3v) is 5.17. The Kier molecular flexibility index (Phi) is 8.30. The van der Waals surface area contributed by atoms with Crippen LogP contribution in [0.4, 0.5) is 5.69 Å². The van der Waals surface area contributed by atoms with Gasteiger partial charge in [0.15, 0.2) is 30.3 Å². The van der Waals surface area contributed by atoms with Crippen molar-refractivity contribution in [3.8, 4) is 0 Å². The summed E-state index contributed by atoms with van der Waals surface area (Å²) in [5, 5.41) is 12.3. The minimum absolute atomic E-state index is 0.199. The second kappa shape index (κ2) is 11.4. The maximum Gasteiger partial charge on any atom is 0.346 e. The third-order valence-electron chi connectivity index (χ3n) is 4.66. The Labute approximate surface area is 208 Å². The number of rotatable bonds is 9. The van der Waals surface area contributed by atoms with E-state index in [0.717, 1.165) is 12.1 Å². The Bertz CT molecular complexity index is 1300. The Morgan fingerprint density at radius 3 is 1.63 bits per heavy atom. The Morgan fingerprint density at radius 1 is 0.714 bits per heavy atom. The van der Waals surface area contributed by atoms with Crippen LogP contribution < -0.4 is 0 Å². The van der Waals surface area contributed by atoms with Gasteiger partial charge in [-0.15, -0.1) is 0 Å². The van der Waals surface area contributed by atoms with Crippen LogP contribution in [0.2, 0.25) is 10.0 Å². The number of carbonyl (C=O) groups is 4. The Hall–Kier alpha value is -4.08. The summed E-state index contributed by atoms with van der Waals surface area (Å²) in [7, 11) is 0. The second-order valence-corrected chi connectivity index (χ2v) is 7.84. The summed E-state index contributed by atoms with van der Waals surface area (Å²) >= 11 is 11.5. The van der Waals surface area contributed by atoms with Crippen molar-refractivity contribution in [1.82, 2.24) is 0 Å². The number of nitro groups is 1. The maximum absolute atomic E-state index is 12.7. The zero-order chi connectivity index (χ0) is 25.5. The van der Waals surface area contributed by atoms with Crippen molar-refractivity contribution < 1.29 is 33.6 Å². The van der Waals surface area contributed by atoms with Crippen LogP contribution in [0.5, 0.6) is 0 Å². The summed E-state index contributed by atoms with van der Waals surface area (Å²) in [6.07, 6.45) is 0. The molecule has 0 aliphatic carbocycles. The van der Waals surface area contributed by atoms with Crippen LogP contribution in [-0.2, 0) is 9.47 Å². The van der Waals surface area contributed by atoms with E-state index in [2.05, 4.69) is 0 Å². The van der Waals surface area contributed by atoms with Crippen molar-refractivity contribution in [2.45, 2.75) is 0 Å². The van der Waals surface area contributed by atoms with Crippen LogP contribution in [0.3, 0.4) is 0 Å². The van der Waals surface area contributed by atoms with Gasteiger partial charge in [-0.25, -0.2) is 9.59 Å². The van der Waals surface area contributed by atoms with Gasteiger partial charge in [-0.2, -0.15) is 0 Å². The van der Waals surface area contributed by atoms with Crippen LogP contribution in [0.25, 0.3) is 0 Å². The monoisotopic (exact) mass is 515 g/mol. The highest BCUT2D eigenvalue weighted by Gasteiger charge is 2.30. The van der Waals surface area contributed by atoms with Gasteiger partial charge in [-0.3, -0.25) is 19.7 Å². The van der Waals surface area contributed by atoms with E-state index < -0.39 is 58.5 Å². The molecular weight excluding hydrogens is 501 g/mol. The van der Waals surface area contributed by atoms with E-state index in [1.54, 1.807) is 0 Å². The number of esters is 2. The highest BCUT2D eigenvalue weighted by Crippen LogP contribution is 2.24. The van der Waals surface area contributed by atoms with Crippen molar-refractivity contribution in [3.05, 3.63) is 109 Å². The summed E-state index contributed by atoms with van der Waals surface area (Å²) in [5.74, 6) is -3.59. The summed E-state index contributed by atoms with van der Waals surface area (Å²) in [6, 6.07) is 14.9. The molecular formula is C24H15Cl2NO8. The predicted molar refractivity (Wildman–Crippen MR) is 125 cm³/mol. The molecule has 0 saturated carbocycles. The maximum atomic E-state index is 12.7. The van der Waals surface area contributed by atoms with Crippen molar-refractivity contribution >= 4 is 52.4 Å². The van der Waals surface area contributed by atoms with Gasteiger partial charge in [0, 0.05) is 27.2 Å². The quantitative estimate of drug-likeness (QED) is 0.169. The third kappa shape index (κ3) is 6.50. The fourth-order valence-electron chi connectivity index (χ4n) is 2.93. The molecule has 0 saturated heterocycles. The molecule has 11 heteroatoms. The lowest BCUT2D eigenvalue weighted by atomic mass is 10.1. The highest BCUT2D eigenvalue weighted by atomic mass is 35.5. The zero-order valence-corrected chi connectivity index (χ0v) is 19.2. The number of carbonyl (C=O) groups excluding carboxylic acids is 4. The molecule has 0 bridgehead atoms. The average molecular weight is 516 g/mol. The fraction of sp³-hybridized carbons (Fsp3) is 0.0833. The topological polar surface area (TPSA) is 130 Å². The first kappa shape index (κ1) is 25.5. The van der Waals surface area contributed by atoms with E-state index in [1.165, 1.54) is 54.6 Å². The first-order valence-electron chi connectivity index (χ1n) is 9.86. The van der Waals surface area contributed by atoms with Gasteiger partial charge >= 0.3 is 11.9 Å². The molecule has 0 heterocycles. The number of ketones is 2. The van der Waals surface area contributed by atoms with Crippen LogP contribution in [0.15, 0.2) is 66.7 Å². The molecule has 0 amide bonds. The normalized spacial score (nSPS) is 10.3. The first-order chi connectivity index (χ1) is 16.7. The average Bonchev–Trinajstić information content (AvgIpc) is 2.85. The molecule has 0 unspecified atom stereocenters. The minimum atomic E-state index is -1.28. The molecule has 0 atom stereocenters. The predicted octanol–water partition coefficient (Wildman–Crippen LogP) is 4.98. The number of nitrogens with zero attached hydrogens (tertiary/aromatic N) is 1. The van der Waals surface area contributed by atoms with E-state index in [-0.39, 0.29) is 11.1 Å². The largest absolute Gasteiger partial charge is 0.454 e. The number of hydrogen-bond acceptors (Lipinski definition) is 8. The molecule has 9 nitrogen and oxygen atoms in total. The molecule has 0 N–H and O–H groups in total. The van der Waals surface area contributed by atoms with E-state index in [0.29, 0.717) is 10.0 Å². The van der Waals surface area contributed by atoms with Gasteiger partial charge in [-0.05, 0) is 54.6 Å². The van der Waals surface area contributed by atoms with Gasteiger partial charge in [0.2, 0.25) is 0 Å². The lowest BCUT2D eigenvalue weighted by Gasteiger charge is -2.10. The SMILES string of the molecule is O=C(COC(=O)c1cccc([N+](=O)[O-])c1C(=O)OCC(=O)c1ccc(Cl)cc1)c1ccc(Cl)cc1.